The van der Waals surface area contributed by atoms with Crippen molar-refractivity contribution >= 4 is 21.7 Å². The summed E-state index contributed by atoms with van der Waals surface area (Å²) in [5, 5.41) is 3.50. The largest absolute Gasteiger partial charge is 0.353 e. The highest BCUT2D eigenvalue weighted by atomic mass is 79.9. The summed E-state index contributed by atoms with van der Waals surface area (Å²) in [5.41, 5.74) is 1.30. The van der Waals surface area contributed by atoms with Crippen LogP contribution in [-0.4, -0.2) is 24.1 Å². The third-order valence-electron chi connectivity index (χ3n) is 4.04. The minimum absolute atomic E-state index is 0.588. The lowest BCUT2D eigenvalue weighted by molar-refractivity contribution is 0.387. The van der Waals surface area contributed by atoms with Crippen LogP contribution in [0.2, 0.25) is 0 Å². The molecular weight excluding hydrogens is 314 g/mol. The predicted octanol–water partition coefficient (Wildman–Crippen LogP) is 3.97. The summed E-state index contributed by atoms with van der Waals surface area (Å²) in [6.07, 6.45) is 5.68. The zero-order valence-electron chi connectivity index (χ0n) is 12.8. The van der Waals surface area contributed by atoms with Crippen molar-refractivity contribution in [1.82, 2.24) is 10.3 Å². The number of aromatic nitrogens is 1. The summed E-state index contributed by atoms with van der Waals surface area (Å²) in [5.74, 6) is 1.92. The predicted molar refractivity (Wildman–Crippen MR) is 89.1 cm³/mol. The SMILES string of the molecule is CCCNCc1cc(Br)cnc1N1CC(C)CCC1C. The van der Waals surface area contributed by atoms with Gasteiger partial charge in [-0.2, -0.15) is 0 Å². The van der Waals surface area contributed by atoms with E-state index in [4.69, 9.17) is 4.98 Å². The van der Waals surface area contributed by atoms with Gasteiger partial charge in [0.05, 0.1) is 0 Å². The molecule has 0 bridgehead atoms. The summed E-state index contributed by atoms with van der Waals surface area (Å²) in [6.45, 7) is 9.93. The Bertz CT molecular complexity index is 436. The smallest absolute Gasteiger partial charge is 0.133 e. The molecule has 1 fully saturated rings. The van der Waals surface area contributed by atoms with Gasteiger partial charge in [0, 0.05) is 35.4 Å². The monoisotopic (exact) mass is 339 g/mol. The van der Waals surface area contributed by atoms with Crippen molar-refractivity contribution in [3.8, 4) is 0 Å². The Balaban J connectivity index is 2.20. The van der Waals surface area contributed by atoms with Gasteiger partial charge in [0.1, 0.15) is 5.82 Å². The Kier molecular flexibility index (Phi) is 5.85. The number of nitrogens with one attached hydrogen (secondary N) is 1. The molecule has 2 unspecified atom stereocenters. The molecule has 2 heterocycles. The number of rotatable bonds is 5. The van der Waals surface area contributed by atoms with E-state index in [0.717, 1.165) is 42.3 Å². The maximum absolute atomic E-state index is 4.70. The molecule has 2 rings (SSSR count). The van der Waals surface area contributed by atoms with Crippen LogP contribution in [0.15, 0.2) is 16.7 Å². The van der Waals surface area contributed by atoms with Crippen molar-refractivity contribution in [3.05, 3.63) is 22.3 Å². The second kappa shape index (κ2) is 7.41. The molecule has 0 spiro atoms. The van der Waals surface area contributed by atoms with E-state index in [1.807, 2.05) is 6.20 Å². The molecule has 0 saturated carbocycles. The molecule has 0 aromatic carbocycles. The van der Waals surface area contributed by atoms with Crippen LogP contribution in [0, 0.1) is 5.92 Å². The van der Waals surface area contributed by atoms with Gasteiger partial charge in [0.25, 0.3) is 0 Å². The van der Waals surface area contributed by atoms with Crippen molar-refractivity contribution in [2.24, 2.45) is 5.92 Å². The molecule has 112 valence electrons. The van der Waals surface area contributed by atoms with E-state index in [1.165, 1.54) is 18.4 Å². The number of halogens is 1. The van der Waals surface area contributed by atoms with Gasteiger partial charge >= 0.3 is 0 Å². The first-order valence-electron chi connectivity index (χ1n) is 7.73. The van der Waals surface area contributed by atoms with E-state index >= 15 is 0 Å². The van der Waals surface area contributed by atoms with Gasteiger partial charge in [-0.15, -0.1) is 0 Å². The Labute approximate surface area is 131 Å². The number of piperidine rings is 1. The molecule has 0 radical (unpaired) electrons. The van der Waals surface area contributed by atoms with Crippen molar-refractivity contribution in [2.75, 3.05) is 18.0 Å². The van der Waals surface area contributed by atoms with E-state index in [-0.39, 0.29) is 0 Å². The molecular formula is C16H26BrN3. The fourth-order valence-electron chi connectivity index (χ4n) is 2.85. The van der Waals surface area contributed by atoms with Gasteiger partial charge in [-0.3, -0.25) is 0 Å². The van der Waals surface area contributed by atoms with Gasteiger partial charge in [0.15, 0.2) is 0 Å². The topological polar surface area (TPSA) is 28.2 Å². The third-order valence-corrected chi connectivity index (χ3v) is 4.48. The van der Waals surface area contributed by atoms with E-state index in [1.54, 1.807) is 0 Å². The van der Waals surface area contributed by atoms with Gasteiger partial charge in [0.2, 0.25) is 0 Å². The zero-order valence-corrected chi connectivity index (χ0v) is 14.4. The summed E-state index contributed by atoms with van der Waals surface area (Å²) in [7, 11) is 0. The van der Waals surface area contributed by atoms with Gasteiger partial charge in [-0.25, -0.2) is 4.98 Å². The Morgan fingerprint density at radius 1 is 1.40 bits per heavy atom. The minimum atomic E-state index is 0.588. The zero-order chi connectivity index (χ0) is 14.5. The van der Waals surface area contributed by atoms with Crippen molar-refractivity contribution < 1.29 is 0 Å². The highest BCUT2D eigenvalue weighted by molar-refractivity contribution is 9.10. The Hall–Kier alpha value is -0.610. The van der Waals surface area contributed by atoms with Crippen LogP contribution in [0.5, 0.6) is 0 Å². The first-order valence-corrected chi connectivity index (χ1v) is 8.53. The summed E-state index contributed by atoms with van der Waals surface area (Å²) < 4.78 is 1.06. The normalized spacial score (nSPS) is 23.1. The number of anilines is 1. The van der Waals surface area contributed by atoms with Crippen LogP contribution in [0.4, 0.5) is 5.82 Å². The highest BCUT2D eigenvalue weighted by Crippen LogP contribution is 2.29. The van der Waals surface area contributed by atoms with Crippen molar-refractivity contribution in [2.45, 2.75) is 52.6 Å². The summed E-state index contributed by atoms with van der Waals surface area (Å²) in [4.78, 5) is 7.19. The molecule has 1 aromatic rings. The second-order valence-corrected chi connectivity index (χ2v) is 6.91. The lowest BCUT2D eigenvalue weighted by atomic mass is 9.94. The molecule has 1 aromatic heterocycles. The lowest BCUT2D eigenvalue weighted by Gasteiger charge is -2.38. The first kappa shape index (κ1) is 15.8. The number of hydrogen-bond acceptors (Lipinski definition) is 3. The molecule has 1 N–H and O–H groups in total. The molecule has 20 heavy (non-hydrogen) atoms. The van der Waals surface area contributed by atoms with E-state index in [9.17, 15) is 0 Å². The van der Waals surface area contributed by atoms with Crippen LogP contribution in [-0.2, 0) is 6.54 Å². The Morgan fingerprint density at radius 3 is 2.95 bits per heavy atom. The molecule has 2 atom stereocenters. The van der Waals surface area contributed by atoms with Crippen molar-refractivity contribution in [3.63, 3.8) is 0 Å². The molecule has 1 saturated heterocycles. The summed E-state index contributed by atoms with van der Waals surface area (Å²) >= 11 is 3.55. The van der Waals surface area contributed by atoms with E-state index in [2.05, 4.69) is 53.0 Å². The molecule has 0 aliphatic carbocycles. The average molecular weight is 340 g/mol. The fraction of sp³-hybridized carbons (Fsp3) is 0.688. The van der Waals surface area contributed by atoms with E-state index in [0.29, 0.717) is 6.04 Å². The fourth-order valence-corrected chi connectivity index (χ4v) is 3.23. The van der Waals surface area contributed by atoms with Crippen molar-refractivity contribution in [1.29, 1.82) is 0 Å². The average Bonchev–Trinajstić information content (AvgIpc) is 2.42. The minimum Gasteiger partial charge on any atom is -0.353 e. The quantitative estimate of drug-likeness (QED) is 0.822. The molecule has 1 aliphatic heterocycles. The van der Waals surface area contributed by atoms with E-state index < -0.39 is 0 Å². The Morgan fingerprint density at radius 2 is 2.20 bits per heavy atom. The summed E-state index contributed by atoms with van der Waals surface area (Å²) in [6, 6.07) is 2.79. The number of pyridine rings is 1. The second-order valence-electron chi connectivity index (χ2n) is 6.00. The first-order chi connectivity index (χ1) is 9.61. The van der Waals surface area contributed by atoms with Gasteiger partial charge in [-0.1, -0.05) is 13.8 Å². The number of nitrogens with zero attached hydrogens (tertiary/aromatic N) is 2. The number of hydrogen-bond donors (Lipinski definition) is 1. The molecule has 3 nitrogen and oxygen atoms in total. The molecule has 0 amide bonds. The van der Waals surface area contributed by atoms with Crippen LogP contribution in [0.25, 0.3) is 0 Å². The standard InChI is InChI=1S/C16H26BrN3/c1-4-7-18-9-14-8-15(17)10-19-16(14)20-11-12(2)5-6-13(20)3/h8,10,12-13,18H,4-7,9,11H2,1-3H3. The van der Waals surface area contributed by atoms with Crippen LogP contribution >= 0.6 is 15.9 Å². The highest BCUT2D eigenvalue weighted by Gasteiger charge is 2.25. The van der Waals surface area contributed by atoms with Gasteiger partial charge in [-0.05, 0) is 60.6 Å². The van der Waals surface area contributed by atoms with Crippen LogP contribution in [0.1, 0.15) is 45.6 Å². The maximum atomic E-state index is 4.70. The molecule has 1 aliphatic rings. The maximum Gasteiger partial charge on any atom is 0.133 e. The molecule has 4 heteroatoms. The van der Waals surface area contributed by atoms with Crippen LogP contribution < -0.4 is 10.2 Å². The lowest BCUT2D eigenvalue weighted by Crippen LogP contribution is -2.42. The third kappa shape index (κ3) is 3.95. The van der Waals surface area contributed by atoms with Crippen LogP contribution in [0.3, 0.4) is 0 Å². The van der Waals surface area contributed by atoms with Gasteiger partial charge < -0.3 is 10.2 Å².